The van der Waals surface area contributed by atoms with Crippen molar-refractivity contribution in [1.82, 2.24) is 0 Å². The molecule has 1 aromatic rings. The summed E-state index contributed by atoms with van der Waals surface area (Å²) in [4.78, 5) is 22.4. The fraction of sp³-hybridized carbons (Fsp3) is 0.385. The van der Waals surface area contributed by atoms with Gasteiger partial charge in [0.15, 0.2) is 0 Å². The quantitative estimate of drug-likeness (QED) is 0.624. The highest BCUT2D eigenvalue weighted by Crippen LogP contribution is 2.26. The van der Waals surface area contributed by atoms with Crippen molar-refractivity contribution in [3.05, 3.63) is 28.3 Å². The van der Waals surface area contributed by atoms with Gasteiger partial charge in [0.25, 0.3) is 0 Å². The van der Waals surface area contributed by atoms with Crippen LogP contribution in [0.5, 0.6) is 5.75 Å². The van der Waals surface area contributed by atoms with E-state index in [0.29, 0.717) is 10.8 Å². The van der Waals surface area contributed by atoms with Gasteiger partial charge in [-0.3, -0.25) is 9.59 Å². The third-order valence-corrected chi connectivity index (χ3v) is 3.00. The Morgan fingerprint density at radius 2 is 1.61 bits per heavy atom. The average Bonchev–Trinajstić information content (AvgIpc) is 2.32. The van der Waals surface area contributed by atoms with Gasteiger partial charge >= 0.3 is 11.9 Å². The fourth-order valence-electron chi connectivity index (χ4n) is 1.45. The molecule has 18 heavy (non-hydrogen) atoms. The van der Waals surface area contributed by atoms with E-state index in [4.69, 9.17) is 16.3 Å². The molecule has 0 aliphatic carbocycles. The maximum atomic E-state index is 11.5. The number of carbonyl (C=O) groups is 2. The summed E-state index contributed by atoms with van der Waals surface area (Å²) >= 11 is 6.01. The summed E-state index contributed by atoms with van der Waals surface area (Å²) in [5.74, 6) is -0.471. The lowest BCUT2D eigenvalue weighted by molar-refractivity contribution is -0.144. The SMILES string of the molecule is COC(=O)CCC(=O)Oc1cc(C)c(Cl)c(C)c1. The van der Waals surface area contributed by atoms with E-state index in [-0.39, 0.29) is 12.8 Å². The van der Waals surface area contributed by atoms with Crippen molar-refractivity contribution in [2.45, 2.75) is 26.7 Å². The first kappa shape index (κ1) is 14.5. The number of methoxy groups -OCH3 is 1. The Balaban J connectivity index is 2.62. The second-order valence-electron chi connectivity index (χ2n) is 3.92. The topological polar surface area (TPSA) is 52.6 Å². The van der Waals surface area contributed by atoms with Gasteiger partial charge < -0.3 is 9.47 Å². The van der Waals surface area contributed by atoms with E-state index in [1.54, 1.807) is 12.1 Å². The lowest BCUT2D eigenvalue weighted by Crippen LogP contribution is -2.11. The number of carbonyl (C=O) groups excluding carboxylic acids is 2. The second kappa shape index (κ2) is 6.40. The molecule has 0 amide bonds. The Bertz CT molecular complexity index is 445. The zero-order valence-electron chi connectivity index (χ0n) is 10.6. The molecule has 1 aromatic carbocycles. The predicted molar refractivity (Wildman–Crippen MR) is 67.8 cm³/mol. The molecule has 1 rings (SSSR count). The summed E-state index contributed by atoms with van der Waals surface area (Å²) in [5.41, 5.74) is 1.68. The first-order valence-electron chi connectivity index (χ1n) is 5.48. The van der Waals surface area contributed by atoms with Crippen LogP contribution in [0.3, 0.4) is 0 Å². The van der Waals surface area contributed by atoms with Gasteiger partial charge in [-0.05, 0) is 37.1 Å². The molecule has 98 valence electrons. The van der Waals surface area contributed by atoms with Crippen molar-refractivity contribution in [3.8, 4) is 5.75 Å². The molecule has 0 saturated heterocycles. The van der Waals surface area contributed by atoms with Crippen molar-refractivity contribution >= 4 is 23.5 Å². The summed E-state index contributed by atoms with van der Waals surface area (Å²) in [5, 5.41) is 0.657. The number of hydrogen-bond donors (Lipinski definition) is 0. The van der Waals surface area contributed by atoms with Gasteiger partial charge in [0, 0.05) is 5.02 Å². The molecule has 0 radical (unpaired) electrons. The van der Waals surface area contributed by atoms with Crippen LogP contribution in [-0.2, 0) is 14.3 Å². The van der Waals surface area contributed by atoms with Crippen molar-refractivity contribution in [2.24, 2.45) is 0 Å². The van der Waals surface area contributed by atoms with E-state index in [0.717, 1.165) is 11.1 Å². The lowest BCUT2D eigenvalue weighted by Gasteiger charge is -2.08. The van der Waals surface area contributed by atoms with Crippen LogP contribution in [0.15, 0.2) is 12.1 Å². The molecule has 0 heterocycles. The number of hydrogen-bond acceptors (Lipinski definition) is 4. The molecule has 0 aromatic heterocycles. The van der Waals surface area contributed by atoms with Crippen LogP contribution < -0.4 is 4.74 Å². The van der Waals surface area contributed by atoms with E-state index in [1.807, 2.05) is 13.8 Å². The Labute approximate surface area is 111 Å². The molecule has 0 bridgehead atoms. The van der Waals surface area contributed by atoms with E-state index < -0.39 is 11.9 Å². The van der Waals surface area contributed by atoms with Crippen molar-refractivity contribution in [3.63, 3.8) is 0 Å². The number of halogens is 1. The van der Waals surface area contributed by atoms with Gasteiger partial charge in [0.2, 0.25) is 0 Å². The van der Waals surface area contributed by atoms with Gasteiger partial charge in [-0.25, -0.2) is 0 Å². The largest absolute Gasteiger partial charge is 0.469 e. The minimum atomic E-state index is -0.471. The van der Waals surface area contributed by atoms with E-state index in [1.165, 1.54) is 7.11 Å². The number of ether oxygens (including phenoxy) is 2. The van der Waals surface area contributed by atoms with Crippen LogP contribution in [0.25, 0.3) is 0 Å². The van der Waals surface area contributed by atoms with Crippen LogP contribution in [0.4, 0.5) is 0 Å². The summed E-state index contributed by atoms with van der Waals surface area (Å²) in [6.45, 7) is 3.67. The molecule has 0 spiro atoms. The van der Waals surface area contributed by atoms with E-state index in [2.05, 4.69) is 4.74 Å². The van der Waals surface area contributed by atoms with Gasteiger partial charge in [-0.1, -0.05) is 11.6 Å². The zero-order chi connectivity index (χ0) is 13.7. The summed E-state index contributed by atoms with van der Waals surface area (Å²) in [6, 6.07) is 3.37. The minimum absolute atomic E-state index is 0.00655. The molecule has 0 aliphatic rings. The van der Waals surface area contributed by atoms with E-state index in [9.17, 15) is 9.59 Å². The molecule has 0 unspecified atom stereocenters. The third-order valence-electron chi connectivity index (χ3n) is 2.40. The van der Waals surface area contributed by atoms with Crippen LogP contribution in [-0.4, -0.2) is 19.0 Å². The molecule has 4 nitrogen and oxygen atoms in total. The highest BCUT2D eigenvalue weighted by molar-refractivity contribution is 6.32. The zero-order valence-corrected chi connectivity index (χ0v) is 11.3. The number of benzene rings is 1. The monoisotopic (exact) mass is 270 g/mol. The smallest absolute Gasteiger partial charge is 0.311 e. The lowest BCUT2D eigenvalue weighted by atomic mass is 10.1. The number of esters is 2. The Morgan fingerprint density at radius 1 is 1.11 bits per heavy atom. The Hall–Kier alpha value is -1.55. The normalized spacial score (nSPS) is 10.0. The Morgan fingerprint density at radius 3 is 2.11 bits per heavy atom. The third kappa shape index (κ3) is 4.04. The summed E-state index contributed by atoms with van der Waals surface area (Å²) in [7, 11) is 1.28. The van der Waals surface area contributed by atoms with Crippen LogP contribution in [0.1, 0.15) is 24.0 Å². The number of aryl methyl sites for hydroxylation is 2. The molecular weight excluding hydrogens is 256 g/mol. The van der Waals surface area contributed by atoms with Gasteiger partial charge in [-0.15, -0.1) is 0 Å². The van der Waals surface area contributed by atoms with Gasteiger partial charge in [0.1, 0.15) is 5.75 Å². The first-order valence-corrected chi connectivity index (χ1v) is 5.86. The van der Waals surface area contributed by atoms with Crippen molar-refractivity contribution < 1.29 is 19.1 Å². The van der Waals surface area contributed by atoms with Crippen LogP contribution in [0.2, 0.25) is 5.02 Å². The van der Waals surface area contributed by atoms with Crippen LogP contribution in [0, 0.1) is 13.8 Å². The summed E-state index contributed by atoms with van der Waals surface area (Å²) < 4.78 is 9.56. The van der Waals surface area contributed by atoms with Crippen molar-refractivity contribution in [2.75, 3.05) is 7.11 Å². The fourth-order valence-corrected chi connectivity index (χ4v) is 1.56. The molecule has 5 heteroatoms. The molecule has 0 fully saturated rings. The highest BCUT2D eigenvalue weighted by atomic mass is 35.5. The van der Waals surface area contributed by atoms with Crippen LogP contribution >= 0.6 is 11.6 Å². The molecule has 0 aliphatic heterocycles. The average molecular weight is 271 g/mol. The highest BCUT2D eigenvalue weighted by Gasteiger charge is 2.10. The maximum absolute atomic E-state index is 11.5. The second-order valence-corrected chi connectivity index (χ2v) is 4.30. The molecule has 0 atom stereocenters. The van der Waals surface area contributed by atoms with Gasteiger partial charge in [0.05, 0.1) is 20.0 Å². The standard InChI is InChI=1S/C13H15ClO4/c1-8-6-10(7-9(2)13(8)14)18-12(16)5-4-11(15)17-3/h6-7H,4-5H2,1-3H3. The molecule has 0 saturated carbocycles. The molecule has 0 N–H and O–H groups in total. The first-order chi connectivity index (χ1) is 8.43. The minimum Gasteiger partial charge on any atom is -0.469 e. The maximum Gasteiger partial charge on any atom is 0.311 e. The summed E-state index contributed by atoms with van der Waals surface area (Å²) in [6.07, 6.45) is 0.00822. The van der Waals surface area contributed by atoms with E-state index >= 15 is 0 Å². The molecular formula is C13H15ClO4. The number of rotatable bonds is 4. The Kier molecular flexibility index (Phi) is 5.16. The van der Waals surface area contributed by atoms with Crippen molar-refractivity contribution in [1.29, 1.82) is 0 Å². The van der Waals surface area contributed by atoms with Gasteiger partial charge in [-0.2, -0.15) is 0 Å². The predicted octanol–water partition coefficient (Wildman–Crippen LogP) is 2.82.